The number of benzene rings is 1. The first-order valence-corrected chi connectivity index (χ1v) is 7.02. The lowest BCUT2D eigenvalue weighted by atomic mass is 9.80. The number of rotatable bonds is 5. The van der Waals surface area contributed by atoms with Crippen LogP contribution in [0.5, 0.6) is 0 Å². The molecule has 1 aliphatic carbocycles. The number of carbonyl (C=O) groups is 1. The van der Waals surface area contributed by atoms with Crippen LogP contribution in [-0.4, -0.2) is 18.6 Å². The van der Waals surface area contributed by atoms with Gasteiger partial charge in [0.2, 0.25) is 5.91 Å². The van der Waals surface area contributed by atoms with Gasteiger partial charge in [-0.1, -0.05) is 0 Å². The van der Waals surface area contributed by atoms with Gasteiger partial charge in [-0.3, -0.25) is 4.79 Å². The van der Waals surface area contributed by atoms with E-state index in [2.05, 4.69) is 5.32 Å². The molecule has 0 aromatic heterocycles. The van der Waals surface area contributed by atoms with Gasteiger partial charge in [-0.2, -0.15) is 10.5 Å². The zero-order chi connectivity index (χ0) is 15.2. The summed E-state index contributed by atoms with van der Waals surface area (Å²) < 4.78 is 5.47. The van der Waals surface area contributed by atoms with Gasteiger partial charge in [0, 0.05) is 18.7 Å². The van der Waals surface area contributed by atoms with E-state index in [0.717, 1.165) is 12.8 Å². The minimum Gasteiger partial charge on any atom is -0.378 e. The lowest BCUT2D eigenvalue weighted by Gasteiger charge is -2.34. The van der Waals surface area contributed by atoms with E-state index in [9.17, 15) is 4.79 Å². The summed E-state index contributed by atoms with van der Waals surface area (Å²) in [6, 6.07) is 8.61. The molecule has 1 fully saturated rings. The van der Waals surface area contributed by atoms with E-state index in [-0.39, 0.29) is 11.5 Å². The molecule has 5 nitrogen and oxygen atoms in total. The van der Waals surface area contributed by atoms with Crippen LogP contribution < -0.4 is 5.32 Å². The minimum atomic E-state index is -0.0662. The third kappa shape index (κ3) is 3.81. The van der Waals surface area contributed by atoms with E-state index in [1.807, 2.05) is 19.1 Å². The number of nitrogens with one attached hydrogen (secondary N) is 1. The first-order chi connectivity index (χ1) is 10.2. The summed E-state index contributed by atoms with van der Waals surface area (Å²) in [6.07, 6.45) is 2.62. The van der Waals surface area contributed by atoms with E-state index in [0.29, 0.717) is 36.3 Å². The SMILES string of the molecule is CCOC1CC(CC(=O)Nc2ccc(C#N)c(C#N)c2)C1. The van der Waals surface area contributed by atoms with Gasteiger partial charge in [0.25, 0.3) is 0 Å². The molecule has 1 aliphatic rings. The van der Waals surface area contributed by atoms with Crippen molar-refractivity contribution in [1.29, 1.82) is 10.5 Å². The Hall–Kier alpha value is -2.37. The first-order valence-electron chi connectivity index (χ1n) is 7.02. The Morgan fingerprint density at radius 2 is 2.05 bits per heavy atom. The Balaban J connectivity index is 1.87. The van der Waals surface area contributed by atoms with Crippen LogP contribution in [0.3, 0.4) is 0 Å². The lowest BCUT2D eigenvalue weighted by molar-refractivity contribution is -0.119. The van der Waals surface area contributed by atoms with Gasteiger partial charge in [-0.15, -0.1) is 0 Å². The molecule has 108 valence electrons. The summed E-state index contributed by atoms with van der Waals surface area (Å²) in [5.41, 5.74) is 1.14. The average Bonchev–Trinajstić information content (AvgIpc) is 2.45. The molecule has 2 rings (SSSR count). The van der Waals surface area contributed by atoms with Crippen LogP contribution >= 0.6 is 0 Å². The van der Waals surface area contributed by atoms with Crippen molar-refractivity contribution in [1.82, 2.24) is 0 Å². The first kappa shape index (κ1) is 15.0. The van der Waals surface area contributed by atoms with E-state index in [4.69, 9.17) is 15.3 Å². The Kier molecular flexibility index (Phi) is 4.92. The summed E-state index contributed by atoms with van der Waals surface area (Å²) in [6.45, 7) is 2.68. The van der Waals surface area contributed by atoms with Gasteiger partial charge in [-0.25, -0.2) is 0 Å². The zero-order valence-corrected chi connectivity index (χ0v) is 11.9. The smallest absolute Gasteiger partial charge is 0.224 e. The van der Waals surface area contributed by atoms with E-state index >= 15 is 0 Å². The van der Waals surface area contributed by atoms with E-state index in [1.54, 1.807) is 12.1 Å². The van der Waals surface area contributed by atoms with Crippen LogP contribution in [0.2, 0.25) is 0 Å². The highest BCUT2D eigenvalue weighted by Gasteiger charge is 2.31. The average molecular weight is 283 g/mol. The summed E-state index contributed by atoms with van der Waals surface area (Å²) in [7, 11) is 0. The van der Waals surface area contributed by atoms with Crippen LogP contribution in [0.25, 0.3) is 0 Å². The Morgan fingerprint density at radius 3 is 2.67 bits per heavy atom. The van der Waals surface area contributed by atoms with E-state index in [1.165, 1.54) is 6.07 Å². The molecule has 0 heterocycles. The molecule has 0 spiro atoms. The Bertz CT molecular complexity index is 607. The second-order valence-corrected chi connectivity index (χ2v) is 5.15. The van der Waals surface area contributed by atoms with Crippen LogP contribution in [-0.2, 0) is 9.53 Å². The molecule has 0 atom stereocenters. The summed E-state index contributed by atoms with van der Waals surface area (Å²) in [4.78, 5) is 11.9. The largest absolute Gasteiger partial charge is 0.378 e. The fourth-order valence-electron chi connectivity index (χ4n) is 2.50. The summed E-state index contributed by atoms with van der Waals surface area (Å²) in [5, 5.41) is 20.6. The van der Waals surface area contributed by atoms with Crippen molar-refractivity contribution in [2.75, 3.05) is 11.9 Å². The molecule has 1 aromatic rings. The molecule has 21 heavy (non-hydrogen) atoms. The second kappa shape index (κ2) is 6.88. The molecule has 5 heteroatoms. The second-order valence-electron chi connectivity index (χ2n) is 5.15. The van der Waals surface area contributed by atoms with Gasteiger partial charge in [0.15, 0.2) is 0 Å². The Morgan fingerprint density at radius 1 is 1.33 bits per heavy atom. The fourth-order valence-corrected chi connectivity index (χ4v) is 2.50. The number of hydrogen-bond acceptors (Lipinski definition) is 4. The van der Waals surface area contributed by atoms with Crippen LogP contribution in [0, 0.1) is 28.6 Å². The zero-order valence-electron chi connectivity index (χ0n) is 11.9. The van der Waals surface area contributed by atoms with Crippen molar-refractivity contribution in [2.24, 2.45) is 5.92 Å². The predicted octanol–water partition coefficient (Wildman–Crippen LogP) is 2.57. The minimum absolute atomic E-state index is 0.0662. The summed E-state index contributed by atoms with van der Waals surface area (Å²) >= 11 is 0. The van der Waals surface area contributed by atoms with Gasteiger partial charge in [0.1, 0.15) is 12.1 Å². The van der Waals surface area contributed by atoms with Crippen LogP contribution in [0.4, 0.5) is 5.69 Å². The standard InChI is InChI=1S/C16H17N3O2/c1-2-21-15-5-11(6-15)7-16(20)19-14-4-3-12(9-17)13(8-14)10-18/h3-4,8,11,15H,2,5-7H2,1H3,(H,19,20). The number of hydrogen-bond donors (Lipinski definition) is 1. The Labute approximate surface area is 124 Å². The maximum absolute atomic E-state index is 11.9. The molecule has 1 saturated carbocycles. The number of anilines is 1. The van der Waals surface area contributed by atoms with Crippen molar-refractivity contribution in [3.05, 3.63) is 29.3 Å². The highest BCUT2D eigenvalue weighted by Crippen LogP contribution is 2.32. The topological polar surface area (TPSA) is 85.9 Å². The maximum atomic E-state index is 11.9. The number of amides is 1. The van der Waals surface area contributed by atoms with Crippen LogP contribution in [0.1, 0.15) is 37.3 Å². The molecule has 0 saturated heterocycles. The van der Waals surface area contributed by atoms with Crippen molar-refractivity contribution < 1.29 is 9.53 Å². The lowest BCUT2D eigenvalue weighted by Crippen LogP contribution is -2.33. The quantitative estimate of drug-likeness (QED) is 0.899. The number of nitrogens with zero attached hydrogens (tertiary/aromatic N) is 2. The molecule has 0 bridgehead atoms. The van der Waals surface area contributed by atoms with E-state index < -0.39 is 0 Å². The summed E-state index contributed by atoms with van der Waals surface area (Å²) in [5.74, 6) is 0.305. The molecule has 1 amide bonds. The number of nitriles is 2. The molecular formula is C16H17N3O2. The fraction of sp³-hybridized carbons (Fsp3) is 0.438. The molecule has 0 aliphatic heterocycles. The number of ether oxygens (including phenoxy) is 1. The van der Waals surface area contributed by atoms with Crippen LogP contribution in [0.15, 0.2) is 18.2 Å². The highest BCUT2D eigenvalue weighted by molar-refractivity contribution is 5.91. The van der Waals surface area contributed by atoms with Gasteiger partial charge < -0.3 is 10.1 Å². The van der Waals surface area contributed by atoms with Gasteiger partial charge in [-0.05, 0) is 43.9 Å². The monoisotopic (exact) mass is 283 g/mol. The number of carbonyl (C=O) groups excluding carboxylic acids is 1. The van der Waals surface area contributed by atoms with Crippen molar-refractivity contribution >= 4 is 11.6 Å². The predicted molar refractivity (Wildman–Crippen MR) is 77.3 cm³/mol. The normalized spacial score (nSPS) is 20.0. The molecular weight excluding hydrogens is 266 g/mol. The van der Waals surface area contributed by atoms with Crippen molar-refractivity contribution in [3.63, 3.8) is 0 Å². The molecule has 0 unspecified atom stereocenters. The molecule has 1 aromatic carbocycles. The third-order valence-electron chi connectivity index (χ3n) is 3.61. The maximum Gasteiger partial charge on any atom is 0.224 e. The van der Waals surface area contributed by atoms with Gasteiger partial charge in [0.05, 0.1) is 17.2 Å². The third-order valence-corrected chi connectivity index (χ3v) is 3.61. The highest BCUT2D eigenvalue weighted by atomic mass is 16.5. The molecule has 0 radical (unpaired) electrons. The van der Waals surface area contributed by atoms with Gasteiger partial charge >= 0.3 is 0 Å². The van der Waals surface area contributed by atoms with Crippen molar-refractivity contribution in [2.45, 2.75) is 32.3 Å². The molecule has 1 N–H and O–H groups in total. The van der Waals surface area contributed by atoms with Crippen molar-refractivity contribution in [3.8, 4) is 12.1 Å².